The molecule has 0 atom stereocenters. The fourth-order valence-corrected chi connectivity index (χ4v) is 1.93. The minimum atomic E-state index is -0.154. The number of hydrogen-bond acceptors (Lipinski definition) is 7. The summed E-state index contributed by atoms with van der Waals surface area (Å²) in [5.74, 6) is 0.476. The Kier molecular flexibility index (Phi) is 4.76. The van der Waals surface area contributed by atoms with Gasteiger partial charge in [0.15, 0.2) is 0 Å². The first kappa shape index (κ1) is 15.6. The Labute approximate surface area is 138 Å². The van der Waals surface area contributed by atoms with Crippen LogP contribution in [-0.4, -0.2) is 42.8 Å². The Bertz CT molecular complexity index is 804. The quantitative estimate of drug-likeness (QED) is 0.759. The van der Waals surface area contributed by atoms with Crippen LogP contribution in [0.3, 0.4) is 0 Å². The molecule has 3 heterocycles. The van der Waals surface area contributed by atoms with Crippen LogP contribution in [0.4, 0.5) is 0 Å². The third kappa shape index (κ3) is 3.54. The van der Waals surface area contributed by atoms with E-state index in [9.17, 15) is 4.79 Å². The molecule has 3 aromatic heterocycles. The predicted octanol–water partition coefficient (Wildman–Crippen LogP) is 1.53. The van der Waals surface area contributed by atoms with E-state index in [1.165, 1.54) is 6.20 Å². The molecule has 0 aromatic carbocycles. The van der Waals surface area contributed by atoms with Crippen molar-refractivity contribution >= 4 is 5.91 Å². The Morgan fingerprint density at radius 2 is 1.67 bits per heavy atom. The van der Waals surface area contributed by atoms with E-state index in [1.54, 1.807) is 30.5 Å². The molecule has 1 N–H and O–H groups in total. The molecule has 0 fully saturated rings. The molecular weight excluding hydrogens is 306 g/mol. The zero-order valence-electron chi connectivity index (χ0n) is 13.0. The predicted molar refractivity (Wildman–Crippen MR) is 86.7 cm³/mol. The normalized spacial score (nSPS) is 10.4. The van der Waals surface area contributed by atoms with Gasteiger partial charge in [0.2, 0.25) is 11.6 Å². The van der Waals surface area contributed by atoms with Crippen LogP contribution >= 0.6 is 0 Å². The first-order chi connectivity index (χ1) is 11.8. The van der Waals surface area contributed by atoms with Crippen molar-refractivity contribution in [2.75, 3.05) is 6.54 Å². The van der Waals surface area contributed by atoms with Crippen molar-refractivity contribution in [2.45, 2.75) is 13.3 Å². The first-order valence-corrected chi connectivity index (χ1v) is 7.51. The number of hydrogen-bond donors (Lipinski definition) is 1. The van der Waals surface area contributed by atoms with Crippen LogP contribution in [0.5, 0.6) is 0 Å². The van der Waals surface area contributed by atoms with Crippen molar-refractivity contribution in [2.24, 2.45) is 0 Å². The maximum absolute atomic E-state index is 11.8. The van der Waals surface area contributed by atoms with E-state index >= 15 is 0 Å². The van der Waals surface area contributed by atoms with E-state index in [0.29, 0.717) is 29.3 Å². The summed E-state index contributed by atoms with van der Waals surface area (Å²) in [6, 6.07) is 8.76. The van der Waals surface area contributed by atoms with E-state index in [1.807, 2.05) is 13.0 Å². The fraction of sp³-hybridized carbons (Fsp3) is 0.188. The van der Waals surface area contributed by atoms with Gasteiger partial charge in [-0.2, -0.15) is 0 Å². The molecule has 0 aliphatic rings. The van der Waals surface area contributed by atoms with E-state index in [-0.39, 0.29) is 11.7 Å². The average molecular weight is 321 g/mol. The Hall–Kier alpha value is -3.29. The van der Waals surface area contributed by atoms with Crippen LogP contribution in [0.25, 0.3) is 23.0 Å². The zero-order valence-corrected chi connectivity index (χ0v) is 13.0. The summed E-state index contributed by atoms with van der Waals surface area (Å²) in [7, 11) is 0. The van der Waals surface area contributed by atoms with Crippen LogP contribution in [-0.2, 0) is 0 Å². The van der Waals surface area contributed by atoms with Gasteiger partial charge in [0.1, 0.15) is 11.4 Å². The number of carbonyl (C=O) groups is 1. The van der Waals surface area contributed by atoms with Gasteiger partial charge < -0.3 is 5.32 Å². The minimum Gasteiger partial charge on any atom is -0.352 e. The minimum absolute atomic E-state index is 0.154. The van der Waals surface area contributed by atoms with Crippen molar-refractivity contribution in [1.29, 1.82) is 0 Å². The molecule has 1 amide bonds. The van der Waals surface area contributed by atoms with Gasteiger partial charge in [0.25, 0.3) is 5.91 Å². The summed E-state index contributed by atoms with van der Waals surface area (Å²) < 4.78 is 0. The van der Waals surface area contributed by atoms with E-state index < -0.39 is 0 Å². The van der Waals surface area contributed by atoms with Gasteiger partial charge >= 0.3 is 0 Å². The van der Waals surface area contributed by atoms with Crippen molar-refractivity contribution in [1.82, 2.24) is 35.7 Å². The standard InChI is InChI=1S/C16H15N7O/c1-2-8-18-16(24)11-6-7-13(19-10-11)15-22-20-14(21-23-15)12-5-3-4-9-17-12/h3-7,9-10H,2,8H2,1H3,(H,18,24). The zero-order chi connectivity index (χ0) is 16.8. The third-order valence-electron chi connectivity index (χ3n) is 3.16. The molecule has 0 bridgehead atoms. The summed E-state index contributed by atoms with van der Waals surface area (Å²) >= 11 is 0. The van der Waals surface area contributed by atoms with Crippen molar-refractivity contribution in [3.05, 3.63) is 48.3 Å². The highest BCUT2D eigenvalue weighted by atomic mass is 16.1. The van der Waals surface area contributed by atoms with Crippen LogP contribution < -0.4 is 5.32 Å². The molecule has 0 radical (unpaired) electrons. The lowest BCUT2D eigenvalue weighted by molar-refractivity contribution is 0.0953. The van der Waals surface area contributed by atoms with Crippen molar-refractivity contribution in [3.63, 3.8) is 0 Å². The molecule has 3 aromatic rings. The van der Waals surface area contributed by atoms with Crippen LogP contribution in [0.1, 0.15) is 23.7 Å². The second kappa shape index (κ2) is 7.32. The molecule has 8 heteroatoms. The summed E-state index contributed by atoms with van der Waals surface area (Å²) in [4.78, 5) is 20.2. The number of carbonyl (C=O) groups excluding carboxylic acids is 1. The lowest BCUT2D eigenvalue weighted by atomic mass is 10.2. The maximum Gasteiger partial charge on any atom is 0.252 e. The molecule has 24 heavy (non-hydrogen) atoms. The molecule has 8 nitrogen and oxygen atoms in total. The van der Waals surface area contributed by atoms with Crippen molar-refractivity contribution < 1.29 is 4.79 Å². The number of rotatable bonds is 5. The van der Waals surface area contributed by atoms with Gasteiger partial charge in [-0.1, -0.05) is 13.0 Å². The summed E-state index contributed by atoms with van der Waals surface area (Å²) in [5, 5.41) is 18.9. The van der Waals surface area contributed by atoms with E-state index in [4.69, 9.17) is 0 Å². The highest BCUT2D eigenvalue weighted by molar-refractivity contribution is 5.94. The van der Waals surface area contributed by atoms with Gasteiger partial charge in [-0.05, 0) is 30.7 Å². The number of pyridine rings is 2. The molecule has 0 saturated heterocycles. The summed E-state index contributed by atoms with van der Waals surface area (Å²) in [5.41, 5.74) is 1.58. The highest BCUT2D eigenvalue weighted by Crippen LogP contribution is 2.13. The smallest absolute Gasteiger partial charge is 0.252 e. The fourth-order valence-electron chi connectivity index (χ4n) is 1.93. The van der Waals surface area contributed by atoms with Crippen molar-refractivity contribution in [3.8, 4) is 23.0 Å². The number of nitrogens with one attached hydrogen (secondary N) is 1. The van der Waals surface area contributed by atoms with Gasteiger partial charge in [-0.25, -0.2) is 0 Å². The van der Waals surface area contributed by atoms with Crippen LogP contribution in [0, 0.1) is 0 Å². The molecular formula is C16H15N7O. The van der Waals surface area contributed by atoms with Gasteiger partial charge in [-0.3, -0.25) is 14.8 Å². The molecule has 0 unspecified atom stereocenters. The van der Waals surface area contributed by atoms with E-state index in [0.717, 1.165) is 6.42 Å². The van der Waals surface area contributed by atoms with Gasteiger partial charge in [0.05, 0.1) is 5.56 Å². The van der Waals surface area contributed by atoms with E-state index in [2.05, 4.69) is 35.7 Å². The third-order valence-corrected chi connectivity index (χ3v) is 3.16. The lowest BCUT2D eigenvalue weighted by Crippen LogP contribution is -2.24. The lowest BCUT2D eigenvalue weighted by Gasteiger charge is -2.04. The molecule has 0 spiro atoms. The van der Waals surface area contributed by atoms with Gasteiger partial charge in [0, 0.05) is 18.9 Å². The number of amides is 1. The first-order valence-electron chi connectivity index (χ1n) is 7.51. The second-order valence-electron chi connectivity index (χ2n) is 4.95. The van der Waals surface area contributed by atoms with Crippen LogP contribution in [0.15, 0.2) is 42.7 Å². The largest absolute Gasteiger partial charge is 0.352 e. The second-order valence-corrected chi connectivity index (χ2v) is 4.95. The molecule has 0 aliphatic heterocycles. The molecule has 0 saturated carbocycles. The Balaban J connectivity index is 1.76. The molecule has 0 aliphatic carbocycles. The topological polar surface area (TPSA) is 106 Å². The SMILES string of the molecule is CCCNC(=O)c1ccc(-c2nnc(-c3ccccn3)nn2)nc1. The Morgan fingerprint density at radius 1 is 0.958 bits per heavy atom. The number of aromatic nitrogens is 6. The Morgan fingerprint density at radius 3 is 2.21 bits per heavy atom. The maximum atomic E-state index is 11.8. The average Bonchev–Trinajstić information content (AvgIpc) is 2.67. The van der Waals surface area contributed by atoms with Gasteiger partial charge in [-0.15, -0.1) is 20.4 Å². The van der Waals surface area contributed by atoms with Crippen LogP contribution in [0.2, 0.25) is 0 Å². The molecule has 120 valence electrons. The molecule has 3 rings (SSSR count). The monoisotopic (exact) mass is 321 g/mol. The summed E-state index contributed by atoms with van der Waals surface area (Å²) in [6.45, 7) is 2.63. The summed E-state index contributed by atoms with van der Waals surface area (Å²) in [6.07, 6.45) is 4.01. The number of nitrogens with zero attached hydrogens (tertiary/aromatic N) is 6. The highest BCUT2D eigenvalue weighted by Gasteiger charge is 2.10.